The van der Waals surface area contributed by atoms with E-state index in [0.29, 0.717) is 18.2 Å². The minimum absolute atomic E-state index is 0.00883. The molecule has 2 bridgehead atoms. The van der Waals surface area contributed by atoms with Gasteiger partial charge in [0.2, 0.25) is 0 Å². The molecule has 3 atom stereocenters. The Morgan fingerprint density at radius 2 is 1.92 bits per heavy atom. The van der Waals surface area contributed by atoms with Gasteiger partial charge in [0.05, 0.1) is 0 Å². The summed E-state index contributed by atoms with van der Waals surface area (Å²) < 4.78 is 0. The normalized spacial score (nSPS) is 37.4. The number of likely N-dealkylation sites (N-methyl/N-ethyl adjacent to an activating group) is 1. The van der Waals surface area contributed by atoms with E-state index >= 15 is 0 Å². The number of hydrogen-bond donors (Lipinski definition) is 1. The predicted molar refractivity (Wildman–Crippen MR) is 103 cm³/mol. The monoisotopic (exact) mass is 354 g/mol. The van der Waals surface area contributed by atoms with E-state index in [4.69, 9.17) is 0 Å². The molecule has 0 aromatic heterocycles. The highest BCUT2D eigenvalue weighted by Gasteiger charge is 2.71. The van der Waals surface area contributed by atoms with Gasteiger partial charge in [-0.2, -0.15) is 0 Å². The minimum Gasteiger partial charge on any atom is -0.411 e. The van der Waals surface area contributed by atoms with Crippen LogP contribution in [0.2, 0.25) is 0 Å². The number of Topliss-reactive ketones (excluding diaryl/α,β-unsaturated/α-hetero) is 1. The zero-order valence-corrected chi connectivity index (χ0v) is 16.8. The molecule has 1 saturated heterocycles. The summed E-state index contributed by atoms with van der Waals surface area (Å²) in [6.07, 6.45) is 2.51. The van der Waals surface area contributed by atoms with Gasteiger partial charge < -0.3 is 10.1 Å². The van der Waals surface area contributed by atoms with E-state index in [1.54, 1.807) is 0 Å². The van der Waals surface area contributed by atoms with Crippen molar-refractivity contribution in [2.75, 3.05) is 13.6 Å². The number of likely N-dealkylation sites (tertiary alicyclic amines) is 1. The second kappa shape index (κ2) is 5.19. The first-order valence-electron chi connectivity index (χ1n) is 9.67. The van der Waals surface area contributed by atoms with Crippen molar-refractivity contribution in [3.8, 4) is 0 Å². The van der Waals surface area contributed by atoms with Crippen LogP contribution in [0.5, 0.6) is 0 Å². The number of oxime groups is 1. The van der Waals surface area contributed by atoms with Crippen LogP contribution in [0.4, 0.5) is 0 Å². The molecule has 0 spiro atoms. The van der Waals surface area contributed by atoms with Gasteiger partial charge in [-0.15, -0.1) is 0 Å². The van der Waals surface area contributed by atoms with E-state index in [-0.39, 0.29) is 16.6 Å². The van der Waals surface area contributed by atoms with Gasteiger partial charge in [-0.05, 0) is 68.0 Å². The van der Waals surface area contributed by atoms with Crippen molar-refractivity contribution in [1.29, 1.82) is 0 Å². The fraction of sp³-hybridized carbons (Fsp3) is 0.636. The number of carbonyl (C=O) groups is 1. The molecule has 3 aliphatic rings. The highest BCUT2D eigenvalue weighted by molar-refractivity contribution is 6.42. The van der Waals surface area contributed by atoms with E-state index in [0.717, 1.165) is 19.4 Å². The molecule has 4 rings (SSSR count). The number of benzene rings is 1. The van der Waals surface area contributed by atoms with Crippen molar-refractivity contribution >= 4 is 11.5 Å². The summed E-state index contributed by atoms with van der Waals surface area (Å²) in [6, 6.07) is 4.85. The first-order chi connectivity index (χ1) is 12.1. The van der Waals surface area contributed by atoms with Crippen molar-refractivity contribution in [3.63, 3.8) is 0 Å². The van der Waals surface area contributed by atoms with E-state index in [1.165, 1.54) is 22.3 Å². The minimum atomic E-state index is -0.602. The lowest BCUT2D eigenvalue weighted by atomic mass is 9.36. The lowest BCUT2D eigenvalue weighted by Crippen LogP contribution is -2.74. The van der Waals surface area contributed by atoms with Crippen molar-refractivity contribution < 1.29 is 10.0 Å². The lowest BCUT2D eigenvalue weighted by molar-refractivity contribution is -0.147. The molecule has 1 N–H and O–H groups in total. The first kappa shape index (κ1) is 17.7. The molecule has 4 nitrogen and oxygen atoms in total. The molecule has 140 valence electrons. The summed E-state index contributed by atoms with van der Waals surface area (Å²) in [6.45, 7) is 11.9. The number of nitrogens with zero attached hydrogens (tertiary/aromatic N) is 2. The Bertz CT molecular complexity index is 841. The smallest absolute Gasteiger partial charge is 0.186 e. The van der Waals surface area contributed by atoms with E-state index < -0.39 is 5.41 Å². The second-order valence-corrected chi connectivity index (χ2v) is 9.49. The fourth-order valence-corrected chi connectivity index (χ4v) is 6.86. The zero-order chi connectivity index (χ0) is 19.1. The SMILES string of the molecule is Cc1ccc2c(c1C)[C@]13CCN(C)C(C2)[C@]1(C)C/C(=N/O)C(=O)C3(C)C. The van der Waals surface area contributed by atoms with Crippen LogP contribution in [0.15, 0.2) is 17.3 Å². The molecule has 1 saturated carbocycles. The first-order valence-corrected chi connectivity index (χ1v) is 9.67. The quantitative estimate of drug-likeness (QED) is 0.572. The summed E-state index contributed by atoms with van der Waals surface area (Å²) in [5.41, 5.74) is 4.81. The van der Waals surface area contributed by atoms with Crippen LogP contribution in [-0.4, -0.2) is 41.2 Å². The maximum atomic E-state index is 13.4. The van der Waals surface area contributed by atoms with Crippen molar-refractivity contribution in [2.24, 2.45) is 16.0 Å². The highest BCUT2D eigenvalue weighted by atomic mass is 16.4. The van der Waals surface area contributed by atoms with Crippen LogP contribution in [0.3, 0.4) is 0 Å². The van der Waals surface area contributed by atoms with Crippen LogP contribution in [-0.2, 0) is 16.6 Å². The summed E-state index contributed by atoms with van der Waals surface area (Å²) in [5.74, 6) is 0.00883. The van der Waals surface area contributed by atoms with Gasteiger partial charge in [0.15, 0.2) is 5.78 Å². The molecule has 1 aromatic carbocycles. The number of piperidine rings is 1. The highest BCUT2D eigenvalue weighted by Crippen LogP contribution is 2.68. The standard InChI is InChI=1S/C22H30N2O2/c1-13-7-8-15-11-17-21(5)12-16(23-26)19(25)20(3,4)22(21,9-10-24(17)6)18(15)14(13)2/h7-8,17,26H,9-12H2,1-6H3/b23-16-/t17?,21-,22-/m0/s1. The van der Waals surface area contributed by atoms with Gasteiger partial charge in [0.1, 0.15) is 5.71 Å². The molecule has 4 heteroatoms. The molecule has 1 aromatic rings. The molecular weight excluding hydrogens is 324 g/mol. The summed E-state index contributed by atoms with van der Waals surface area (Å²) >= 11 is 0. The molecule has 1 aliphatic heterocycles. The van der Waals surface area contributed by atoms with E-state index in [9.17, 15) is 10.0 Å². The van der Waals surface area contributed by atoms with Crippen molar-refractivity contribution in [2.45, 2.75) is 65.3 Å². The van der Waals surface area contributed by atoms with Crippen LogP contribution in [0.25, 0.3) is 0 Å². The topological polar surface area (TPSA) is 52.9 Å². The largest absolute Gasteiger partial charge is 0.411 e. The fourth-order valence-electron chi connectivity index (χ4n) is 6.86. The summed E-state index contributed by atoms with van der Waals surface area (Å²) in [7, 11) is 2.20. The van der Waals surface area contributed by atoms with Gasteiger partial charge in [-0.25, -0.2) is 0 Å². The van der Waals surface area contributed by atoms with Gasteiger partial charge in [0, 0.05) is 23.3 Å². The lowest BCUT2D eigenvalue weighted by Gasteiger charge is -2.69. The third kappa shape index (κ3) is 1.74. The molecule has 1 heterocycles. The molecule has 26 heavy (non-hydrogen) atoms. The van der Waals surface area contributed by atoms with Crippen LogP contribution in [0.1, 0.15) is 55.9 Å². The number of carbonyl (C=O) groups excluding carboxylic acids is 1. The summed E-state index contributed by atoms with van der Waals surface area (Å²) in [4.78, 5) is 15.8. The molecule has 2 fully saturated rings. The maximum absolute atomic E-state index is 13.4. The summed E-state index contributed by atoms with van der Waals surface area (Å²) in [5, 5.41) is 13.0. The number of fused-ring (bicyclic) bond motifs is 1. The molecular formula is C22H30N2O2. The van der Waals surface area contributed by atoms with Gasteiger partial charge in [-0.3, -0.25) is 4.79 Å². The van der Waals surface area contributed by atoms with E-state index in [2.05, 4.69) is 63.9 Å². The zero-order valence-electron chi connectivity index (χ0n) is 16.8. The Balaban J connectivity index is 2.13. The van der Waals surface area contributed by atoms with Crippen molar-refractivity contribution in [3.05, 3.63) is 34.4 Å². The second-order valence-electron chi connectivity index (χ2n) is 9.49. The molecule has 2 aliphatic carbocycles. The number of hydrogen-bond acceptors (Lipinski definition) is 4. The molecule has 1 unspecified atom stereocenters. The van der Waals surface area contributed by atoms with Gasteiger partial charge >= 0.3 is 0 Å². The molecule has 0 radical (unpaired) electrons. The third-order valence-electron chi connectivity index (χ3n) is 8.30. The maximum Gasteiger partial charge on any atom is 0.186 e. The number of rotatable bonds is 0. The number of ketones is 1. The Kier molecular flexibility index (Phi) is 3.54. The van der Waals surface area contributed by atoms with Crippen LogP contribution < -0.4 is 0 Å². The van der Waals surface area contributed by atoms with Crippen LogP contribution in [0, 0.1) is 24.7 Å². The third-order valence-corrected chi connectivity index (χ3v) is 8.30. The van der Waals surface area contributed by atoms with Crippen LogP contribution >= 0.6 is 0 Å². The average Bonchev–Trinajstić information content (AvgIpc) is 2.58. The van der Waals surface area contributed by atoms with E-state index in [1.807, 2.05) is 0 Å². The van der Waals surface area contributed by atoms with Gasteiger partial charge in [0.25, 0.3) is 0 Å². The average molecular weight is 354 g/mol. The van der Waals surface area contributed by atoms with Crippen molar-refractivity contribution in [1.82, 2.24) is 4.90 Å². The Morgan fingerprint density at radius 3 is 2.58 bits per heavy atom. The Morgan fingerprint density at radius 1 is 1.23 bits per heavy atom. The predicted octanol–water partition coefficient (Wildman–Crippen LogP) is 3.64. The Labute approximate surface area is 156 Å². The molecule has 0 amide bonds. The van der Waals surface area contributed by atoms with Gasteiger partial charge in [-0.1, -0.05) is 38.1 Å². The Hall–Kier alpha value is -1.68. The number of aryl methyl sites for hydroxylation is 1.